The smallest absolute Gasteiger partial charge is 0.336 e. The normalized spacial score (nSPS) is 19.4. The zero-order chi connectivity index (χ0) is 20.1. The lowest BCUT2D eigenvalue weighted by Crippen LogP contribution is -2.34. The lowest BCUT2D eigenvalue weighted by Gasteiger charge is -2.34. The number of hydrogen-bond donors (Lipinski definition) is 1. The fourth-order valence-corrected chi connectivity index (χ4v) is 4.21. The second-order valence-electron chi connectivity index (χ2n) is 7.07. The molecule has 0 saturated carbocycles. The van der Waals surface area contributed by atoms with Gasteiger partial charge in [0.2, 0.25) is 0 Å². The van der Waals surface area contributed by atoms with Crippen molar-refractivity contribution in [2.75, 3.05) is 19.8 Å². The van der Waals surface area contributed by atoms with Crippen LogP contribution in [-0.4, -0.2) is 31.6 Å². The van der Waals surface area contributed by atoms with E-state index in [1.54, 1.807) is 0 Å². The average molecular weight is 448 g/mol. The zero-order valence-electron chi connectivity index (χ0n) is 16.3. The Labute approximate surface area is 174 Å². The summed E-state index contributed by atoms with van der Waals surface area (Å²) in [6.45, 7) is 5.11. The predicted molar refractivity (Wildman–Crippen MR) is 111 cm³/mol. The van der Waals surface area contributed by atoms with Gasteiger partial charge in [-0.2, -0.15) is 0 Å². The largest absolute Gasteiger partial charge is 0.460 e. The Morgan fingerprint density at radius 3 is 2.82 bits per heavy atom. The molecule has 0 radical (unpaired) electrons. The van der Waals surface area contributed by atoms with Crippen LogP contribution in [0, 0.1) is 0 Å². The van der Waals surface area contributed by atoms with E-state index in [9.17, 15) is 9.59 Å². The van der Waals surface area contributed by atoms with E-state index in [1.807, 2.05) is 38.1 Å². The van der Waals surface area contributed by atoms with E-state index in [0.29, 0.717) is 30.8 Å². The van der Waals surface area contributed by atoms with Crippen LogP contribution in [0.4, 0.5) is 0 Å². The Balaban J connectivity index is 1.92. The van der Waals surface area contributed by atoms with Gasteiger partial charge in [0.25, 0.3) is 0 Å². The highest BCUT2D eigenvalue weighted by molar-refractivity contribution is 9.10. The summed E-state index contributed by atoms with van der Waals surface area (Å²) in [5.74, 6) is -0.714. The van der Waals surface area contributed by atoms with Crippen LogP contribution in [0.3, 0.4) is 0 Å². The van der Waals surface area contributed by atoms with Gasteiger partial charge in [0, 0.05) is 40.4 Å². The summed E-state index contributed by atoms with van der Waals surface area (Å²) >= 11 is 3.50. The number of benzene rings is 1. The van der Waals surface area contributed by atoms with Crippen molar-refractivity contribution in [1.82, 2.24) is 5.32 Å². The van der Waals surface area contributed by atoms with Crippen LogP contribution in [0.5, 0.6) is 0 Å². The Morgan fingerprint density at radius 1 is 1.25 bits per heavy atom. The van der Waals surface area contributed by atoms with Crippen LogP contribution < -0.4 is 5.32 Å². The topological polar surface area (TPSA) is 64.6 Å². The van der Waals surface area contributed by atoms with E-state index in [0.717, 1.165) is 40.7 Å². The van der Waals surface area contributed by atoms with Gasteiger partial charge < -0.3 is 14.8 Å². The third kappa shape index (κ3) is 4.55. The highest BCUT2D eigenvalue weighted by atomic mass is 79.9. The summed E-state index contributed by atoms with van der Waals surface area (Å²) in [6, 6.07) is 7.78. The Kier molecular flexibility index (Phi) is 7.08. The van der Waals surface area contributed by atoms with E-state index in [2.05, 4.69) is 21.2 Å². The Bertz CT molecular complexity index is 828. The molecule has 0 fully saturated rings. The quantitative estimate of drug-likeness (QED) is 0.495. The minimum atomic E-state index is -0.411. The molecule has 28 heavy (non-hydrogen) atoms. The van der Waals surface area contributed by atoms with Crippen LogP contribution >= 0.6 is 15.9 Å². The first-order chi connectivity index (χ1) is 13.5. The van der Waals surface area contributed by atoms with E-state index in [1.165, 1.54) is 0 Å². The molecule has 150 valence electrons. The molecule has 6 heteroatoms. The molecule has 1 N–H and O–H groups in total. The van der Waals surface area contributed by atoms with Gasteiger partial charge in [0.1, 0.15) is 6.61 Å². The number of nitrogens with one attached hydrogen (secondary N) is 1. The van der Waals surface area contributed by atoms with Crippen LogP contribution in [0.1, 0.15) is 51.0 Å². The van der Waals surface area contributed by atoms with Crippen molar-refractivity contribution in [3.05, 3.63) is 56.8 Å². The third-order valence-corrected chi connectivity index (χ3v) is 5.48. The van der Waals surface area contributed by atoms with Gasteiger partial charge in [0.05, 0.1) is 12.2 Å². The molecular formula is C22H26BrNO4. The molecule has 0 aromatic heterocycles. The van der Waals surface area contributed by atoms with Crippen LogP contribution in [0.15, 0.2) is 51.3 Å². The van der Waals surface area contributed by atoms with Crippen molar-refractivity contribution >= 4 is 27.7 Å². The number of hydrogen-bond acceptors (Lipinski definition) is 5. The second kappa shape index (κ2) is 9.52. The first-order valence-electron chi connectivity index (χ1n) is 9.77. The number of Topliss-reactive ketones (excluding diaryl/α,β-unsaturated/α-hetero) is 1. The van der Waals surface area contributed by atoms with Gasteiger partial charge in [-0.1, -0.05) is 35.0 Å². The fourth-order valence-electron chi connectivity index (χ4n) is 3.79. The number of rotatable bonds is 7. The number of halogens is 1. The molecule has 1 aromatic rings. The van der Waals surface area contributed by atoms with Gasteiger partial charge in [-0.3, -0.25) is 4.79 Å². The summed E-state index contributed by atoms with van der Waals surface area (Å²) in [7, 11) is 0. The lowest BCUT2D eigenvalue weighted by molar-refractivity contribution is -0.141. The number of esters is 1. The van der Waals surface area contributed by atoms with Crippen LogP contribution in [-0.2, 0) is 19.1 Å². The summed E-state index contributed by atoms with van der Waals surface area (Å²) < 4.78 is 11.8. The van der Waals surface area contributed by atoms with Crippen LogP contribution in [0.25, 0.3) is 0 Å². The van der Waals surface area contributed by atoms with Gasteiger partial charge in [-0.05, 0) is 43.9 Å². The van der Waals surface area contributed by atoms with Crippen molar-refractivity contribution in [2.24, 2.45) is 0 Å². The number of ketones is 1. The lowest BCUT2D eigenvalue weighted by atomic mass is 9.75. The molecule has 0 unspecified atom stereocenters. The van der Waals surface area contributed by atoms with E-state index < -0.39 is 11.9 Å². The highest BCUT2D eigenvalue weighted by Crippen LogP contribution is 2.42. The minimum absolute atomic E-state index is 0.0998. The van der Waals surface area contributed by atoms with Crippen molar-refractivity contribution in [2.45, 2.75) is 45.4 Å². The van der Waals surface area contributed by atoms with Crippen molar-refractivity contribution in [3.63, 3.8) is 0 Å². The molecule has 1 atom stereocenters. The Hall–Kier alpha value is -1.92. The summed E-state index contributed by atoms with van der Waals surface area (Å²) in [4.78, 5) is 25.8. The molecule has 5 nitrogen and oxygen atoms in total. The Morgan fingerprint density at radius 2 is 2.07 bits per heavy atom. The third-order valence-electron chi connectivity index (χ3n) is 4.99. The maximum atomic E-state index is 13.0. The maximum absolute atomic E-state index is 13.0. The average Bonchev–Trinajstić information content (AvgIpc) is 2.66. The monoisotopic (exact) mass is 447 g/mol. The van der Waals surface area contributed by atoms with Gasteiger partial charge in [-0.15, -0.1) is 0 Å². The van der Waals surface area contributed by atoms with Crippen molar-refractivity contribution in [3.8, 4) is 0 Å². The predicted octanol–water partition coefficient (Wildman–Crippen LogP) is 4.39. The number of carbonyl (C=O) groups excluding carboxylic acids is 2. The molecule has 2 aliphatic rings. The van der Waals surface area contributed by atoms with Gasteiger partial charge >= 0.3 is 5.97 Å². The fraction of sp³-hybridized carbons (Fsp3) is 0.455. The van der Waals surface area contributed by atoms with E-state index in [4.69, 9.17) is 9.47 Å². The molecule has 0 amide bonds. The SMILES string of the molecule is CCCOCCOC(=O)C1=C(C)NC2=C(C(=O)CCC2)[C@H]1c1cccc(Br)c1. The summed E-state index contributed by atoms with van der Waals surface area (Å²) in [5.41, 5.74) is 3.79. The van der Waals surface area contributed by atoms with Gasteiger partial charge in [0.15, 0.2) is 5.78 Å². The first-order valence-corrected chi connectivity index (χ1v) is 10.6. The number of dihydropyridines is 1. The van der Waals surface area contributed by atoms with Crippen LogP contribution in [0.2, 0.25) is 0 Å². The molecular weight excluding hydrogens is 422 g/mol. The summed E-state index contributed by atoms with van der Waals surface area (Å²) in [6.07, 6.45) is 3.08. The number of allylic oxidation sites excluding steroid dienone is 3. The number of ether oxygens (including phenoxy) is 2. The molecule has 0 spiro atoms. The molecule has 1 aromatic carbocycles. The molecule has 1 aliphatic carbocycles. The van der Waals surface area contributed by atoms with Gasteiger partial charge in [-0.25, -0.2) is 4.79 Å². The molecule has 0 bridgehead atoms. The highest BCUT2D eigenvalue weighted by Gasteiger charge is 2.39. The standard InChI is InChI=1S/C22H26BrNO4/c1-3-10-27-11-12-28-22(26)19-14(2)24-17-8-5-9-18(25)21(17)20(19)15-6-4-7-16(23)13-15/h4,6-7,13,20,24H,3,5,8-12H2,1-2H3/t20-/m0/s1. The molecule has 0 saturated heterocycles. The molecule has 1 heterocycles. The molecule has 3 rings (SSSR count). The van der Waals surface area contributed by atoms with Crippen molar-refractivity contribution in [1.29, 1.82) is 0 Å². The maximum Gasteiger partial charge on any atom is 0.336 e. The summed E-state index contributed by atoms with van der Waals surface area (Å²) in [5, 5.41) is 3.30. The zero-order valence-corrected chi connectivity index (χ0v) is 17.9. The number of carbonyl (C=O) groups is 2. The van der Waals surface area contributed by atoms with Crippen molar-refractivity contribution < 1.29 is 19.1 Å². The second-order valence-corrected chi connectivity index (χ2v) is 7.98. The van der Waals surface area contributed by atoms with E-state index in [-0.39, 0.29) is 12.4 Å². The first kappa shape index (κ1) is 20.8. The van der Waals surface area contributed by atoms with E-state index >= 15 is 0 Å². The minimum Gasteiger partial charge on any atom is -0.460 e. The molecule has 1 aliphatic heterocycles.